The Hall–Kier alpha value is -4.19. The molecule has 6 heteroatoms. The van der Waals surface area contributed by atoms with Crippen LogP contribution >= 0.6 is 0 Å². The maximum atomic E-state index is 13.2. The first kappa shape index (κ1) is 19.8. The van der Waals surface area contributed by atoms with Crippen LogP contribution in [0.25, 0.3) is 0 Å². The average Bonchev–Trinajstić information content (AvgIpc) is 2.83. The van der Waals surface area contributed by atoms with E-state index in [1.807, 2.05) is 60.4 Å². The number of Topliss-reactive ketones (excluding diaryl/α,β-unsaturated/α-hetero) is 1. The smallest absolute Gasteiger partial charge is 0.251 e. The summed E-state index contributed by atoms with van der Waals surface area (Å²) in [4.78, 5) is 32.2. The van der Waals surface area contributed by atoms with E-state index in [-0.39, 0.29) is 18.2 Å². The van der Waals surface area contributed by atoms with E-state index in [1.54, 1.807) is 36.7 Å². The van der Waals surface area contributed by atoms with E-state index in [0.29, 0.717) is 28.3 Å². The third-order valence-electron chi connectivity index (χ3n) is 5.55. The third-order valence-corrected chi connectivity index (χ3v) is 5.55. The number of ether oxygens (including phenoxy) is 1. The molecule has 0 aliphatic carbocycles. The Morgan fingerprint density at radius 2 is 1.84 bits per heavy atom. The second kappa shape index (κ2) is 8.15. The zero-order chi connectivity index (χ0) is 22.1. The van der Waals surface area contributed by atoms with Crippen LogP contribution in [0.4, 0.5) is 5.82 Å². The summed E-state index contributed by atoms with van der Waals surface area (Å²) in [5.41, 5.74) is 3.39. The van der Waals surface area contributed by atoms with Gasteiger partial charge in [-0.1, -0.05) is 36.4 Å². The molecule has 3 heterocycles. The lowest BCUT2D eigenvalue weighted by atomic mass is 9.93. The Balaban J connectivity index is 1.50. The van der Waals surface area contributed by atoms with E-state index in [2.05, 4.69) is 10.3 Å². The van der Waals surface area contributed by atoms with Gasteiger partial charge in [-0.2, -0.15) is 0 Å². The zero-order valence-electron chi connectivity index (χ0n) is 17.5. The number of nitrogens with zero attached hydrogens (tertiary/aromatic N) is 2. The summed E-state index contributed by atoms with van der Waals surface area (Å²) in [6, 6.07) is 20.1. The number of rotatable bonds is 4. The molecular weight excluding hydrogens is 402 g/mol. The van der Waals surface area contributed by atoms with Crippen LogP contribution in [0, 0.1) is 6.92 Å². The van der Waals surface area contributed by atoms with E-state index in [1.165, 1.54) is 0 Å². The number of pyridine rings is 1. The number of para-hydroxylation sites is 1. The van der Waals surface area contributed by atoms with Gasteiger partial charge in [-0.3, -0.25) is 9.59 Å². The second-order valence-electron chi connectivity index (χ2n) is 7.67. The van der Waals surface area contributed by atoms with E-state index in [4.69, 9.17) is 4.74 Å². The van der Waals surface area contributed by atoms with Crippen molar-refractivity contribution in [1.82, 2.24) is 10.3 Å². The molecule has 0 saturated heterocycles. The van der Waals surface area contributed by atoms with Gasteiger partial charge in [-0.15, -0.1) is 0 Å². The standard InChI is InChI=1S/C26H21N3O3/c1-17-8-7-13-27-25(17)29-16-21-23(32-22-12-6-5-11-20(22)24(21)30)14-19(29)15-28-26(31)18-9-3-2-4-10-18/h2-14,16,23H,15H2,1H3,(H,28,31). The normalized spacial score (nSPS) is 16.8. The first-order valence-electron chi connectivity index (χ1n) is 10.4. The van der Waals surface area contributed by atoms with Crippen molar-refractivity contribution < 1.29 is 14.3 Å². The molecule has 2 aliphatic heterocycles. The fraction of sp³-hybridized carbons (Fsp3) is 0.115. The Kier molecular flexibility index (Phi) is 5.03. The maximum Gasteiger partial charge on any atom is 0.251 e. The summed E-state index contributed by atoms with van der Waals surface area (Å²) in [7, 11) is 0. The number of amides is 1. The van der Waals surface area contributed by atoms with Gasteiger partial charge >= 0.3 is 0 Å². The van der Waals surface area contributed by atoms with Gasteiger partial charge in [0.1, 0.15) is 17.7 Å². The topological polar surface area (TPSA) is 71.5 Å². The summed E-state index contributed by atoms with van der Waals surface area (Å²) < 4.78 is 6.12. The molecule has 0 saturated carbocycles. The molecule has 32 heavy (non-hydrogen) atoms. The van der Waals surface area contributed by atoms with Crippen LogP contribution in [0.2, 0.25) is 0 Å². The second-order valence-corrected chi connectivity index (χ2v) is 7.67. The van der Waals surface area contributed by atoms with Crippen LogP contribution < -0.4 is 15.0 Å². The van der Waals surface area contributed by atoms with Gasteiger partial charge < -0.3 is 15.0 Å². The van der Waals surface area contributed by atoms with Crippen LogP contribution in [0.3, 0.4) is 0 Å². The molecule has 6 nitrogen and oxygen atoms in total. The average molecular weight is 423 g/mol. The van der Waals surface area contributed by atoms with Crippen LogP contribution in [-0.4, -0.2) is 29.3 Å². The molecule has 0 radical (unpaired) electrons. The molecule has 0 fully saturated rings. The molecule has 158 valence electrons. The summed E-state index contributed by atoms with van der Waals surface area (Å²) in [6.45, 7) is 2.21. The molecule has 1 amide bonds. The van der Waals surface area contributed by atoms with Crippen molar-refractivity contribution in [2.24, 2.45) is 0 Å². The Morgan fingerprint density at radius 3 is 2.66 bits per heavy atom. The van der Waals surface area contributed by atoms with Crippen molar-refractivity contribution in [2.45, 2.75) is 13.0 Å². The fourth-order valence-electron chi connectivity index (χ4n) is 3.91. The first-order valence-corrected chi connectivity index (χ1v) is 10.4. The number of carbonyl (C=O) groups excluding carboxylic acids is 2. The molecule has 2 aliphatic rings. The Labute approximate surface area is 185 Å². The number of fused-ring (bicyclic) bond motifs is 2. The minimum Gasteiger partial charge on any atom is -0.481 e. The first-order chi connectivity index (χ1) is 15.6. The van der Waals surface area contributed by atoms with Crippen molar-refractivity contribution >= 4 is 17.5 Å². The number of aryl methyl sites for hydroxylation is 1. The van der Waals surface area contributed by atoms with Crippen molar-refractivity contribution in [3.8, 4) is 5.75 Å². The van der Waals surface area contributed by atoms with Crippen molar-refractivity contribution in [3.05, 3.63) is 113 Å². The molecule has 1 atom stereocenters. The largest absolute Gasteiger partial charge is 0.481 e. The van der Waals surface area contributed by atoms with Gasteiger partial charge in [0.2, 0.25) is 0 Å². The van der Waals surface area contributed by atoms with Gasteiger partial charge in [-0.25, -0.2) is 4.98 Å². The van der Waals surface area contributed by atoms with Gasteiger partial charge in [0.15, 0.2) is 5.78 Å². The van der Waals surface area contributed by atoms with E-state index in [9.17, 15) is 9.59 Å². The van der Waals surface area contributed by atoms with Crippen molar-refractivity contribution in [3.63, 3.8) is 0 Å². The molecule has 1 aromatic heterocycles. The summed E-state index contributed by atoms with van der Waals surface area (Å²) in [5, 5.41) is 2.97. The zero-order valence-corrected chi connectivity index (χ0v) is 17.5. The highest BCUT2D eigenvalue weighted by atomic mass is 16.5. The van der Waals surface area contributed by atoms with Gasteiger partial charge in [0.25, 0.3) is 5.91 Å². The highest BCUT2D eigenvalue weighted by Gasteiger charge is 2.35. The summed E-state index contributed by atoms with van der Waals surface area (Å²) >= 11 is 0. The third kappa shape index (κ3) is 3.56. The maximum absolute atomic E-state index is 13.2. The quantitative estimate of drug-likeness (QED) is 0.686. The summed E-state index contributed by atoms with van der Waals surface area (Å²) in [5.74, 6) is 1.01. The number of anilines is 1. The molecule has 1 unspecified atom stereocenters. The molecule has 0 bridgehead atoms. The molecule has 1 N–H and O–H groups in total. The van der Waals surface area contributed by atoms with Crippen molar-refractivity contribution in [2.75, 3.05) is 11.4 Å². The van der Waals surface area contributed by atoms with Gasteiger partial charge in [0.05, 0.1) is 17.7 Å². The number of hydrogen-bond donors (Lipinski definition) is 1. The molecule has 0 spiro atoms. The van der Waals surface area contributed by atoms with Crippen LogP contribution in [0.5, 0.6) is 5.75 Å². The predicted molar refractivity (Wildman–Crippen MR) is 122 cm³/mol. The Morgan fingerprint density at radius 1 is 1.06 bits per heavy atom. The monoisotopic (exact) mass is 423 g/mol. The molecular formula is C26H21N3O3. The number of ketones is 1. The van der Waals surface area contributed by atoms with Crippen LogP contribution in [-0.2, 0) is 0 Å². The number of hydrogen-bond acceptors (Lipinski definition) is 5. The van der Waals surface area contributed by atoms with Crippen LogP contribution in [0.15, 0.2) is 96.5 Å². The van der Waals surface area contributed by atoms with Gasteiger partial charge in [0, 0.05) is 23.7 Å². The Bertz CT molecular complexity index is 1260. The van der Waals surface area contributed by atoms with Crippen LogP contribution in [0.1, 0.15) is 26.3 Å². The number of benzene rings is 2. The van der Waals surface area contributed by atoms with Gasteiger partial charge in [-0.05, 0) is 48.9 Å². The predicted octanol–water partition coefficient (Wildman–Crippen LogP) is 4.05. The molecule has 5 rings (SSSR count). The SMILES string of the molecule is Cc1cccnc1N1C=C2C(=O)c3ccccc3OC2C=C1CNC(=O)c1ccccc1. The lowest BCUT2D eigenvalue weighted by Crippen LogP contribution is -2.39. The number of carbonyl (C=O) groups is 2. The molecule has 2 aromatic carbocycles. The lowest BCUT2D eigenvalue weighted by Gasteiger charge is -2.34. The minimum absolute atomic E-state index is 0.0703. The highest BCUT2D eigenvalue weighted by Crippen LogP contribution is 2.36. The van der Waals surface area contributed by atoms with E-state index >= 15 is 0 Å². The summed E-state index contributed by atoms with van der Waals surface area (Å²) in [6.07, 6.45) is 4.84. The molecule has 3 aromatic rings. The minimum atomic E-state index is -0.527. The van der Waals surface area contributed by atoms with E-state index < -0.39 is 6.10 Å². The fourth-order valence-corrected chi connectivity index (χ4v) is 3.91. The van der Waals surface area contributed by atoms with Crippen molar-refractivity contribution in [1.29, 1.82) is 0 Å². The lowest BCUT2D eigenvalue weighted by molar-refractivity contribution is 0.0950. The van der Waals surface area contributed by atoms with E-state index in [0.717, 1.165) is 11.3 Å². The number of aromatic nitrogens is 1. The highest BCUT2D eigenvalue weighted by molar-refractivity contribution is 6.13. The number of nitrogens with one attached hydrogen (secondary N) is 1.